The van der Waals surface area contributed by atoms with E-state index in [9.17, 15) is 14.7 Å². The summed E-state index contributed by atoms with van der Waals surface area (Å²) in [6, 6.07) is 10.5. The summed E-state index contributed by atoms with van der Waals surface area (Å²) in [6.45, 7) is 1.00. The van der Waals surface area contributed by atoms with Crippen molar-refractivity contribution in [3.63, 3.8) is 0 Å². The molecular weight excluding hydrogens is 364 g/mol. The van der Waals surface area contributed by atoms with Crippen LogP contribution in [-0.4, -0.2) is 41.7 Å². The van der Waals surface area contributed by atoms with E-state index in [2.05, 4.69) is 10.6 Å². The molecular formula is C21H21ClN2O3. The zero-order chi connectivity index (χ0) is 19.0. The number of ketones is 2. The fourth-order valence-electron chi connectivity index (χ4n) is 3.38. The number of rotatable bonds is 7. The van der Waals surface area contributed by atoms with Crippen molar-refractivity contribution in [2.75, 3.05) is 29.6 Å². The number of aliphatic hydroxyl groups is 1. The van der Waals surface area contributed by atoms with E-state index < -0.39 is 6.10 Å². The highest BCUT2D eigenvalue weighted by Gasteiger charge is 2.34. The summed E-state index contributed by atoms with van der Waals surface area (Å²) >= 11 is 5.66. The third-order valence-electron chi connectivity index (χ3n) is 5.06. The Morgan fingerprint density at radius 2 is 1.52 bits per heavy atom. The summed E-state index contributed by atoms with van der Waals surface area (Å²) < 4.78 is 0. The van der Waals surface area contributed by atoms with Gasteiger partial charge in [0.1, 0.15) is 0 Å². The van der Waals surface area contributed by atoms with Crippen LogP contribution in [0.3, 0.4) is 0 Å². The lowest BCUT2D eigenvalue weighted by atomic mass is 9.82. The van der Waals surface area contributed by atoms with Crippen LogP contribution in [0.2, 0.25) is 0 Å². The van der Waals surface area contributed by atoms with E-state index >= 15 is 0 Å². The monoisotopic (exact) mass is 384 g/mol. The van der Waals surface area contributed by atoms with Gasteiger partial charge in [-0.25, -0.2) is 0 Å². The number of aliphatic hydroxyl groups excluding tert-OH is 1. The molecule has 4 rings (SSSR count). The van der Waals surface area contributed by atoms with Crippen LogP contribution < -0.4 is 10.6 Å². The second-order valence-corrected chi connectivity index (χ2v) is 7.44. The van der Waals surface area contributed by atoms with Gasteiger partial charge < -0.3 is 15.7 Å². The summed E-state index contributed by atoms with van der Waals surface area (Å²) in [5, 5.41) is 16.2. The van der Waals surface area contributed by atoms with Gasteiger partial charge in [-0.3, -0.25) is 9.59 Å². The normalized spacial score (nSPS) is 16.5. The molecule has 0 spiro atoms. The van der Waals surface area contributed by atoms with Crippen LogP contribution in [0.5, 0.6) is 0 Å². The van der Waals surface area contributed by atoms with Gasteiger partial charge in [0.2, 0.25) is 0 Å². The number of alkyl halides is 1. The van der Waals surface area contributed by atoms with Crippen LogP contribution in [0.25, 0.3) is 0 Å². The molecule has 0 unspecified atom stereocenters. The second kappa shape index (κ2) is 7.33. The molecule has 140 valence electrons. The largest absolute Gasteiger partial charge is 0.390 e. The standard InChI is InChI=1S/C21H21ClN2O3/c22-9-13(25)11-24-17-8-7-16(23-10-12-5-6-12)18-19(17)21(27)15-4-2-1-3-14(15)20(18)26/h1-4,7-8,12-13,23-25H,5-6,9-11H2/t13-/m1/s1. The van der Waals surface area contributed by atoms with Crippen LogP contribution in [0.4, 0.5) is 11.4 Å². The number of benzene rings is 2. The van der Waals surface area contributed by atoms with Gasteiger partial charge >= 0.3 is 0 Å². The molecule has 3 N–H and O–H groups in total. The van der Waals surface area contributed by atoms with Gasteiger partial charge in [0.15, 0.2) is 11.6 Å². The molecule has 1 saturated carbocycles. The van der Waals surface area contributed by atoms with Crippen molar-refractivity contribution in [1.82, 2.24) is 0 Å². The summed E-state index contributed by atoms with van der Waals surface area (Å²) in [5.41, 5.74) is 2.84. The van der Waals surface area contributed by atoms with Gasteiger partial charge in [0.25, 0.3) is 0 Å². The van der Waals surface area contributed by atoms with Crippen molar-refractivity contribution in [2.45, 2.75) is 18.9 Å². The number of nitrogens with one attached hydrogen (secondary N) is 2. The number of carbonyl (C=O) groups is 2. The predicted molar refractivity (Wildman–Crippen MR) is 106 cm³/mol. The van der Waals surface area contributed by atoms with Crippen molar-refractivity contribution in [3.8, 4) is 0 Å². The maximum absolute atomic E-state index is 13.2. The van der Waals surface area contributed by atoms with Crippen LogP contribution in [0.15, 0.2) is 36.4 Å². The van der Waals surface area contributed by atoms with Gasteiger partial charge in [0.05, 0.1) is 23.1 Å². The first-order valence-electron chi connectivity index (χ1n) is 9.17. The maximum Gasteiger partial charge on any atom is 0.196 e. The molecule has 2 aromatic carbocycles. The SMILES string of the molecule is O=C1c2ccccc2C(=O)c2c(NC[C@H](O)CCl)ccc(NCC3CC3)c21. The summed E-state index contributed by atoms with van der Waals surface area (Å²) in [5.74, 6) is 0.392. The molecule has 2 aliphatic rings. The molecule has 0 aliphatic heterocycles. The first-order chi connectivity index (χ1) is 13.1. The molecule has 2 aliphatic carbocycles. The first kappa shape index (κ1) is 18.0. The molecule has 0 heterocycles. The van der Waals surface area contributed by atoms with E-state index in [-0.39, 0.29) is 24.0 Å². The van der Waals surface area contributed by atoms with E-state index in [1.54, 1.807) is 30.3 Å². The highest BCUT2D eigenvalue weighted by Crippen LogP contribution is 2.37. The molecule has 0 amide bonds. The van der Waals surface area contributed by atoms with Gasteiger partial charge in [-0.15, -0.1) is 11.6 Å². The van der Waals surface area contributed by atoms with Gasteiger partial charge in [-0.1, -0.05) is 24.3 Å². The number of hydrogen-bond donors (Lipinski definition) is 3. The third kappa shape index (κ3) is 3.45. The van der Waals surface area contributed by atoms with E-state index in [1.165, 1.54) is 12.8 Å². The molecule has 0 aromatic heterocycles. The Labute approximate surface area is 162 Å². The smallest absolute Gasteiger partial charge is 0.196 e. The fraction of sp³-hybridized carbons (Fsp3) is 0.333. The third-order valence-corrected chi connectivity index (χ3v) is 5.42. The zero-order valence-corrected chi connectivity index (χ0v) is 15.6. The molecule has 0 bridgehead atoms. The fourth-order valence-corrected chi connectivity index (χ4v) is 3.49. The molecule has 0 radical (unpaired) electrons. The van der Waals surface area contributed by atoms with Gasteiger partial charge in [-0.05, 0) is 30.9 Å². The van der Waals surface area contributed by atoms with Crippen LogP contribution >= 0.6 is 11.6 Å². The highest BCUT2D eigenvalue weighted by atomic mass is 35.5. The molecule has 2 aromatic rings. The average molecular weight is 385 g/mol. The number of carbonyl (C=O) groups excluding carboxylic acids is 2. The Hall–Kier alpha value is -2.37. The lowest BCUT2D eigenvalue weighted by molar-refractivity contribution is 0.0980. The van der Waals surface area contributed by atoms with Crippen molar-refractivity contribution < 1.29 is 14.7 Å². The lowest BCUT2D eigenvalue weighted by Crippen LogP contribution is -2.26. The minimum Gasteiger partial charge on any atom is -0.390 e. The quantitative estimate of drug-likeness (QED) is 0.545. The maximum atomic E-state index is 13.2. The van der Waals surface area contributed by atoms with Crippen molar-refractivity contribution in [2.24, 2.45) is 5.92 Å². The Morgan fingerprint density at radius 3 is 2.04 bits per heavy atom. The van der Waals surface area contributed by atoms with Crippen molar-refractivity contribution in [3.05, 3.63) is 58.7 Å². The minimum absolute atomic E-state index is 0.0892. The van der Waals surface area contributed by atoms with Crippen LogP contribution in [0.1, 0.15) is 44.7 Å². The Balaban J connectivity index is 1.77. The summed E-state index contributed by atoms with van der Waals surface area (Å²) in [6.07, 6.45) is 1.65. The average Bonchev–Trinajstić information content (AvgIpc) is 3.52. The van der Waals surface area contributed by atoms with E-state index in [0.29, 0.717) is 39.5 Å². The molecule has 0 saturated heterocycles. The van der Waals surface area contributed by atoms with Crippen molar-refractivity contribution in [1.29, 1.82) is 0 Å². The highest BCUT2D eigenvalue weighted by molar-refractivity contribution is 6.31. The Morgan fingerprint density at radius 1 is 0.963 bits per heavy atom. The topological polar surface area (TPSA) is 78.4 Å². The van der Waals surface area contributed by atoms with Crippen molar-refractivity contribution >= 4 is 34.5 Å². The second-order valence-electron chi connectivity index (χ2n) is 7.13. The number of anilines is 2. The number of fused-ring (bicyclic) bond motifs is 2. The number of halogens is 1. The molecule has 5 nitrogen and oxygen atoms in total. The van der Waals surface area contributed by atoms with E-state index in [4.69, 9.17) is 11.6 Å². The van der Waals surface area contributed by atoms with E-state index in [0.717, 1.165) is 6.54 Å². The number of hydrogen-bond acceptors (Lipinski definition) is 5. The van der Waals surface area contributed by atoms with Gasteiger partial charge in [-0.2, -0.15) is 0 Å². The van der Waals surface area contributed by atoms with Crippen LogP contribution in [-0.2, 0) is 0 Å². The summed E-state index contributed by atoms with van der Waals surface area (Å²) in [7, 11) is 0. The van der Waals surface area contributed by atoms with Gasteiger partial charge in [0, 0.05) is 35.6 Å². The lowest BCUT2D eigenvalue weighted by Gasteiger charge is -2.24. The molecule has 6 heteroatoms. The zero-order valence-electron chi connectivity index (χ0n) is 14.8. The first-order valence-corrected chi connectivity index (χ1v) is 9.70. The molecule has 1 atom stereocenters. The minimum atomic E-state index is -0.739. The predicted octanol–water partition coefficient (Wildman–Crippen LogP) is 3.30. The molecule has 27 heavy (non-hydrogen) atoms. The van der Waals surface area contributed by atoms with Crippen LogP contribution in [0, 0.1) is 5.92 Å². The molecule has 1 fully saturated rings. The Bertz CT molecular complexity index is 908. The van der Waals surface area contributed by atoms with E-state index in [1.807, 2.05) is 6.07 Å². The Kier molecular flexibility index (Phi) is 4.89. The summed E-state index contributed by atoms with van der Waals surface area (Å²) in [4.78, 5) is 26.4.